The molecule has 0 radical (unpaired) electrons. The third-order valence-electron chi connectivity index (χ3n) is 2.02. The van der Waals surface area contributed by atoms with Gasteiger partial charge in [0.15, 0.2) is 0 Å². The van der Waals surface area contributed by atoms with Gasteiger partial charge in [-0.05, 0) is 22.4 Å². The summed E-state index contributed by atoms with van der Waals surface area (Å²) in [6.07, 6.45) is -1.82. The van der Waals surface area contributed by atoms with Crippen LogP contribution in [0, 0.1) is 17.0 Å². The van der Waals surface area contributed by atoms with Gasteiger partial charge >= 0.3 is 5.82 Å². The summed E-state index contributed by atoms with van der Waals surface area (Å²) in [7, 11) is 0. The van der Waals surface area contributed by atoms with E-state index in [1.54, 1.807) is 0 Å². The Hall–Kier alpha value is -1.11. The average Bonchev–Trinajstić information content (AvgIpc) is 2.16. The number of rotatable bonds is 3. The molecule has 1 aromatic heterocycles. The van der Waals surface area contributed by atoms with Gasteiger partial charge in [0, 0.05) is 5.33 Å². The number of alkyl halides is 3. The molecule has 0 saturated carbocycles. The minimum Gasteiger partial charge on any atom is -0.358 e. The van der Waals surface area contributed by atoms with Gasteiger partial charge in [-0.2, -0.15) is 0 Å². The molecule has 7 heteroatoms. The summed E-state index contributed by atoms with van der Waals surface area (Å²) >= 11 is 3.02. The molecule has 1 heterocycles. The predicted octanol–water partition coefficient (Wildman–Crippen LogP) is 3.13. The maximum absolute atomic E-state index is 12.5. The number of nitrogens with zero attached hydrogens (tertiary/aromatic N) is 2. The van der Waals surface area contributed by atoms with E-state index >= 15 is 0 Å². The number of hydrogen-bond acceptors (Lipinski definition) is 3. The maximum atomic E-state index is 12.5. The van der Waals surface area contributed by atoms with E-state index in [1.807, 2.05) is 0 Å². The monoisotopic (exact) mass is 280 g/mol. The van der Waals surface area contributed by atoms with Crippen LogP contribution in [-0.2, 0) is 5.33 Å². The second kappa shape index (κ2) is 4.61. The van der Waals surface area contributed by atoms with E-state index in [4.69, 9.17) is 0 Å². The minimum atomic E-state index is -2.67. The fraction of sp³-hybridized carbons (Fsp3) is 0.375. The van der Waals surface area contributed by atoms with Crippen molar-refractivity contribution in [2.45, 2.75) is 18.7 Å². The SMILES string of the molecule is Cc1c(C(F)F)cnc([N+](=O)[O-])c1CBr. The van der Waals surface area contributed by atoms with Crippen LogP contribution in [0.15, 0.2) is 6.20 Å². The molecule has 0 spiro atoms. The van der Waals surface area contributed by atoms with Crippen molar-refractivity contribution in [3.63, 3.8) is 0 Å². The molecule has 0 aliphatic carbocycles. The van der Waals surface area contributed by atoms with Crippen LogP contribution in [0.25, 0.3) is 0 Å². The molecule has 1 rings (SSSR count). The standard InChI is InChI=1S/C8H7BrF2N2O2/c1-4-5(2-9)8(13(14)15)12-3-6(4)7(10)11/h3,7H,2H2,1H3. The smallest absolute Gasteiger partial charge is 0.358 e. The van der Waals surface area contributed by atoms with Crippen LogP contribution in [0.1, 0.15) is 23.1 Å². The molecule has 0 amide bonds. The summed E-state index contributed by atoms with van der Waals surface area (Å²) in [5, 5.41) is 10.7. The summed E-state index contributed by atoms with van der Waals surface area (Å²) in [6, 6.07) is 0. The Bertz CT molecular complexity index is 398. The van der Waals surface area contributed by atoms with Gasteiger partial charge in [0.05, 0.1) is 11.1 Å². The number of pyridine rings is 1. The van der Waals surface area contributed by atoms with Crippen LogP contribution in [0.2, 0.25) is 0 Å². The van der Waals surface area contributed by atoms with Gasteiger partial charge in [0.1, 0.15) is 6.20 Å². The first-order chi connectivity index (χ1) is 6.99. The van der Waals surface area contributed by atoms with Crippen LogP contribution >= 0.6 is 15.9 Å². The Morgan fingerprint density at radius 3 is 2.67 bits per heavy atom. The van der Waals surface area contributed by atoms with Gasteiger partial charge in [-0.3, -0.25) is 0 Å². The summed E-state index contributed by atoms with van der Waals surface area (Å²) in [6.45, 7) is 1.42. The Morgan fingerprint density at radius 2 is 2.27 bits per heavy atom. The Labute approximate surface area is 92.6 Å². The van der Waals surface area contributed by atoms with Gasteiger partial charge in [0.2, 0.25) is 0 Å². The lowest BCUT2D eigenvalue weighted by atomic mass is 10.1. The lowest BCUT2D eigenvalue weighted by molar-refractivity contribution is -0.390. The summed E-state index contributed by atoms with van der Waals surface area (Å²) < 4.78 is 24.9. The Kier molecular flexibility index (Phi) is 3.67. The second-order valence-corrected chi connectivity index (χ2v) is 3.39. The van der Waals surface area contributed by atoms with Gasteiger partial charge in [-0.15, -0.1) is 0 Å². The predicted molar refractivity (Wildman–Crippen MR) is 53.2 cm³/mol. The summed E-state index contributed by atoms with van der Waals surface area (Å²) in [4.78, 5) is 13.3. The van der Waals surface area contributed by atoms with Crippen molar-refractivity contribution in [2.24, 2.45) is 0 Å². The van der Waals surface area contributed by atoms with Gasteiger partial charge in [-0.25, -0.2) is 8.78 Å². The molecule has 1 aromatic rings. The first kappa shape index (κ1) is 12.0. The molecule has 0 unspecified atom stereocenters. The van der Waals surface area contributed by atoms with Crippen molar-refractivity contribution < 1.29 is 13.7 Å². The third-order valence-corrected chi connectivity index (χ3v) is 2.58. The van der Waals surface area contributed by atoms with Crippen LogP contribution in [0.4, 0.5) is 14.6 Å². The van der Waals surface area contributed by atoms with Crippen molar-refractivity contribution >= 4 is 21.7 Å². The Morgan fingerprint density at radius 1 is 1.67 bits per heavy atom. The first-order valence-electron chi connectivity index (χ1n) is 3.96. The number of halogens is 3. The lowest BCUT2D eigenvalue weighted by Crippen LogP contribution is -2.03. The molecule has 0 bridgehead atoms. The molecule has 4 nitrogen and oxygen atoms in total. The zero-order valence-corrected chi connectivity index (χ0v) is 9.29. The number of nitro groups is 1. The number of hydrogen-bond donors (Lipinski definition) is 0. The number of aromatic nitrogens is 1. The molecule has 0 aliphatic heterocycles. The molecule has 0 N–H and O–H groups in total. The van der Waals surface area contributed by atoms with Crippen LogP contribution in [0.5, 0.6) is 0 Å². The van der Waals surface area contributed by atoms with E-state index in [0.29, 0.717) is 0 Å². The minimum absolute atomic E-state index is 0.128. The topological polar surface area (TPSA) is 56.0 Å². The van der Waals surface area contributed by atoms with E-state index in [0.717, 1.165) is 6.20 Å². The first-order valence-corrected chi connectivity index (χ1v) is 5.08. The lowest BCUT2D eigenvalue weighted by Gasteiger charge is -2.07. The molecule has 82 valence electrons. The zero-order valence-electron chi connectivity index (χ0n) is 7.71. The largest absolute Gasteiger partial charge is 0.367 e. The van der Waals surface area contributed by atoms with Crippen LogP contribution in [-0.4, -0.2) is 9.91 Å². The molecule has 0 atom stereocenters. The van der Waals surface area contributed by atoms with Gasteiger partial charge in [-0.1, -0.05) is 15.9 Å². The molecule has 15 heavy (non-hydrogen) atoms. The normalized spacial score (nSPS) is 10.7. The van der Waals surface area contributed by atoms with Crippen molar-refractivity contribution in [1.29, 1.82) is 0 Å². The van der Waals surface area contributed by atoms with Gasteiger partial charge < -0.3 is 10.1 Å². The highest BCUT2D eigenvalue weighted by Crippen LogP contribution is 2.29. The molecule has 0 aromatic carbocycles. The fourth-order valence-corrected chi connectivity index (χ4v) is 1.86. The van der Waals surface area contributed by atoms with Gasteiger partial charge in [0.25, 0.3) is 6.43 Å². The van der Waals surface area contributed by atoms with E-state index in [-0.39, 0.29) is 27.8 Å². The molecular formula is C8H7BrF2N2O2. The van der Waals surface area contributed by atoms with Crippen molar-refractivity contribution in [3.05, 3.63) is 33.0 Å². The molecule has 0 saturated heterocycles. The second-order valence-electron chi connectivity index (χ2n) is 2.83. The maximum Gasteiger partial charge on any atom is 0.367 e. The Balaban J connectivity index is 3.39. The van der Waals surface area contributed by atoms with E-state index < -0.39 is 11.3 Å². The van der Waals surface area contributed by atoms with Crippen LogP contribution < -0.4 is 0 Å². The third kappa shape index (κ3) is 2.28. The summed E-state index contributed by atoms with van der Waals surface area (Å²) in [5.41, 5.74) is 0.136. The fourth-order valence-electron chi connectivity index (χ4n) is 1.18. The highest BCUT2D eigenvalue weighted by atomic mass is 79.9. The molecule has 0 aliphatic rings. The molecule has 0 fully saturated rings. The van der Waals surface area contributed by atoms with E-state index in [9.17, 15) is 18.9 Å². The van der Waals surface area contributed by atoms with Crippen LogP contribution in [0.3, 0.4) is 0 Å². The quantitative estimate of drug-likeness (QED) is 0.486. The van der Waals surface area contributed by atoms with E-state index in [1.165, 1.54) is 6.92 Å². The molecular weight excluding hydrogens is 274 g/mol. The highest BCUT2D eigenvalue weighted by molar-refractivity contribution is 9.08. The average molecular weight is 281 g/mol. The zero-order chi connectivity index (χ0) is 11.6. The van der Waals surface area contributed by atoms with Crippen molar-refractivity contribution in [1.82, 2.24) is 4.98 Å². The van der Waals surface area contributed by atoms with E-state index in [2.05, 4.69) is 20.9 Å². The highest BCUT2D eigenvalue weighted by Gasteiger charge is 2.23. The van der Waals surface area contributed by atoms with Crippen molar-refractivity contribution in [3.8, 4) is 0 Å². The van der Waals surface area contributed by atoms with Crippen molar-refractivity contribution in [2.75, 3.05) is 0 Å². The summed E-state index contributed by atoms with van der Waals surface area (Å²) in [5.74, 6) is -0.381.